The molecule has 3 atom stereocenters. The number of amides is 2. The maximum absolute atomic E-state index is 13.6. The maximum Gasteiger partial charge on any atom is 0.416 e. The number of anilines is 2. The summed E-state index contributed by atoms with van der Waals surface area (Å²) in [7, 11) is 0. The van der Waals surface area contributed by atoms with Crippen LogP contribution in [0.15, 0.2) is 77.7 Å². The molecule has 35 heavy (non-hydrogen) atoms. The van der Waals surface area contributed by atoms with E-state index in [9.17, 15) is 22.8 Å². The topological polar surface area (TPSA) is 49.9 Å². The number of imide groups is 1. The smallest absolute Gasteiger partial charge is 0.273 e. The van der Waals surface area contributed by atoms with Gasteiger partial charge in [0.2, 0.25) is 5.91 Å². The summed E-state index contributed by atoms with van der Waals surface area (Å²) in [5.41, 5.74) is 0.586. The average Bonchev–Trinajstić information content (AvgIpc) is 3.35. The van der Waals surface area contributed by atoms with E-state index in [0.29, 0.717) is 10.7 Å². The third-order valence-electron chi connectivity index (χ3n) is 6.11. The van der Waals surface area contributed by atoms with Crippen molar-refractivity contribution in [2.45, 2.75) is 23.2 Å². The van der Waals surface area contributed by atoms with Gasteiger partial charge in [-0.25, -0.2) is 9.96 Å². The van der Waals surface area contributed by atoms with E-state index in [4.69, 9.17) is 16.4 Å². The highest BCUT2D eigenvalue weighted by Crippen LogP contribution is 2.48. The molecular formula is C25H18ClF3N2O3S. The van der Waals surface area contributed by atoms with Crippen molar-refractivity contribution in [1.29, 1.82) is 0 Å². The summed E-state index contributed by atoms with van der Waals surface area (Å²) < 4.78 is 38.9. The zero-order chi connectivity index (χ0) is 24.9. The number of carbonyl (C=O) groups is 2. The first-order chi connectivity index (χ1) is 16.7. The molecule has 0 N–H and O–H groups in total. The number of thioether (sulfide) groups is 1. The molecule has 2 fully saturated rings. The number of rotatable bonds is 4. The van der Waals surface area contributed by atoms with Gasteiger partial charge in [-0.3, -0.25) is 14.4 Å². The van der Waals surface area contributed by atoms with Gasteiger partial charge in [0.25, 0.3) is 5.91 Å². The van der Waals surface area contributed by atoms with E-state index in [2.05, 4.69) is 0 Å². The number of alkyl halides is 3. The Bertz CT molecular complexity index is 1270. The Morgan fingerprint density at radius 3 is 2.03 bits per heavy atom. The first kappa shape index (κ1) is 23.7. The maximum atomic E-state index is 13.6. The van der Waals surface area contributed by atoms with Crippen LogP contribution in [0.5, 0.6) is 0 Å². The van der Waals surface area contributed by atoms with Gasteiger partial charge in [0.1, 0.15) is 5.92 Å². The Hall–Kier alpha value is -3.01. The molecule has 0 aliphatic carbocycles. The number of carbonyl (C=O) groups excluding carboxylic acids is 2. The van der Waals surface area contributed by atoms with Crippen LogP contribution in [0.2, 0.25) is 5.02 Å². The fraction of sp³-hybridized carbons (Fsp3) is 0.200. The van der Waals surface area contributed by atoms with Gasteiger partial charge in [-0.15, -0.1) is 11.8 Å². The van der Waals surface area contributed by atoms with Gasteiger partial charge >= 0.3 is 6.18 Å². The van der Waals surface area contributed by atoms with E-state index in [1.165, 1.54) is 0 Å². The molecule has 2 heterocycles. The second kappa shape index (κ2) is 8.89. The molecule has 10 heteroatoms. The predicted molar refractivity (Wildman–Crippen MR) is 127 cm³/mol. The lowest BCUT2D eigenvalue weighted by atomic mass is 9.90. The number of nitrogens with zero attached hydrogens (tertiary/aromatic N) is 2. The molecule has 3 aromatic rings. The minimum Gasteiger partial charge on any atom is -0.273 e. The Morgan fingerprint density at radius 1 is 0.857 bits per heavy atom. The second-order valence-electron chi connectivity index (χ2n) is 8.13. The molecule has 2 amide bonds. The van der Waals surface area contributed by atoms with Crippen molar-refractivity contribution in [2.24, 2.45) is 5.92 Å². The van der Waals surface area contributed by atoms with E-state index in [0.717, 1.165) is 39.6 Å². The Kier molecular flexibility index (Phi) is 6.03. The summed E-state index contributed by atoms with van der Waals surface area (Å²) in [6.07, 6.45) is -3.69. The van der Waals surface area contributed by atoms with Crippen molar-refractivity contribution in [3.63, 3.8) is 0 Å². The highest BCUT2D eigenvalue weighted by Gasteiger charge is 2.60. The lowest BCUT2D eigenvalue weighted by Gasteiger charge is -2.29. The number of benzene rings is 3. The molecule has 0 aromatic heterocycles. The third kappa shape index (κ3) is 4.17. The van der Waals surface area contributed by atoms with Gasteiger partial charge in [-0.05, 0) is 72.5 Å². The van der Waals surface area contributed by atoms with Crippen molar-refractivity contribution in [1.82, 2.24) is 0 Å². The molecule has 0 spiro atoms. The molecule has 0 radical (unpaired) electrons. The van der Waals surface area contributed by atoms with Crippen molar-refractivity contribution in [3.8, 4) is 0 Å². The fourth-order valence-electron chi connectivity index (χ4n) is 4.42. The number of hydrogen-bond donors (Lipinski definition) is 0. The van der Waals surface area contributed by atoms with E-state index in [1.807, 2.05) is 30.5 Å². The summed E-state index contributed by atoms with van der Waals surface area (Å²) in [5.74, 6) is -2.04. The number of hydrogen-bond acceptors (Lipinski definition) is 5. The van der Waals surface area contributed by atoms with E-state index >= 15 is 0 Å². The predicted octanol–water partition coefficient (Wildman–Crippen LogP) is 6.13. The van der Waals surface area contributed by atoms with Crippen LogP contribution in [-0.4, -0.2) is 24.2 Å². The Morgan fingerprint density at radius 2 is 1.46 bits per heavy atom. The van der Waals surface area contributed by atoms with E-state index in [1.54, 1.807) is 41.1 Å². The number of halogens is 4. The van der Waals surface area contributed by atoms with Gasteiger partial charge < -0.3 is 0 Å². The van der Waals surface area contributed by atoms with Crippen molar-refractivity contribution in [2.75, 3.05) is 16.2 Å². The highest BCUT2D eigenvalue weighted by atomic mass is 35.5. The molecule has 180 valence electrons. The summed E-state index contributed by atoms with van der Waals surface area (Å²) in [6, 6.07) is 17.7. The zero-order valence-electron chi connectivity index (χ0n) is 18.2. The molecular weight excluding hydrogens is 501 g/mol. The highest BCUT2D eigenvalue weighted by molar-refractivity contribution is 7.98. The molecule has 2 saturated heterocycles. The summed E-state index contributed by atoms with van der Waals surface area (Å²) in [4.78, 5) is 34.8. The summed E-state index contributed by atoms with van der Waals surface area (Å²) in [6.45, 7) is 0. The molecule has 0 bridgehead atoms. The van der Waals surface area contributed by atoms with Gasteiger partial charge in [0.05, 0.1) is 23.0 Å². The first-order valence-electron chi connectivity index (χ1n) is 10.6. The number of hydroxylamine groups is 1. The van der Waals surface area contributed by atoms with Gasteiger partial charge in [0, 0.05) is 9.92 Å². The lowest BCUT2D eigenvalue weighted by Crippen LogP contribution is -2.37. The van der Waals surface area contributed by atoms with E-state index < -0.39 is 41.6 Å². The lowest BCUT2D eigenvalue weighted by molar-refractivity contribution is -0.137. The Labute approximate surface area is 208 Å². The molecule has 3 aromatic carbocycles. The van der Waals surface area contributed by atoms with Gasteiger partial charge in [0.15, 0.2) is 6.10 Å². The summed E-state index contributed by atoms with van der Waals surface area (Å²) in [5, 5.41) is 2.06. The monoisotopic (exact) mass is 518 g/mol. The van der Waals surface area contributed by atoms with Crippen molar-refractivity contribution >= 4 is 46.6 Å². The second-order valence-corrected chi connectivity index (χ2v) is 9.44. The minimum absolute atomic E-state index is 0.0699. The van der Waals surface area contributed by atoms with Crippen LogP contribution in [-0.2, 0) is 20.6 Å². The third-order valence-corrected chi connectivity index (χ3v) is 7.10. The normalized spacial score (nSPS) is 22.1. The largest absolute Gasteiger partial charge is 0.416 e. The summed E-state index contributed by atoms with van der Waals surface area (Å²) >= 11 is 7.60. The molecule has 3 unspecified atom stereocenters. The molecule has 2 aliphatic heterocycles. The van der Waals surface area contributed by atoms with Crippen LogP contribution in [0.3, 0.4) is 0 Å². The standard InChI is InChI=1S/C25H18ClF3N2O3S/c1-35-19-12-2-14(3-13-19)21-20-22(34-31(21)18-10-6-16(26)7-11-18)24(33)30(23(20)32)17-8-4-15(5-9-17)25(27,28)29/h2-13,20-22H,1H3. The van der Waals surface area contributed by atoms with Gasteiger partial charge in [-0.2, -0.15) is 13.2 Å². The van der Waals surface area contributed by atoms with Crippen molar-refractivity contribution < 1.29 is 27.6 Å². The quantitative estimate of drug-likeness (QED) is 0.307. The fourth-order valence-corrected chi connectivity index (χ4v) is 4.95. The van der Waals surface area contributed by atoms with Crippen LogP contribution in [0.25, 0.3) is 0 Å². The van der Waals surface area contributed by atoms with Crippen LogP contribution in [0, 0.1) is 5.92 Å². The average molecular weight is 519 g/mol. The van der Waals surface area contributed by atoms with Gasteiger partial charge in [-0.1, -0.05) is 23.7 Å². The number of fused-ring (bicyclic) bond motifs is 1. The Balaban J connectivity index is 1.53. The zero-order valence-corrected chi connectivity index (χ0v) is 19.8. The van der Waals surface area contributed by atoms with E-state index in [-0.39, 0.29) is 5.69 Å². The van der Waals surface area contributed by atoms with Crippen LogP contribution in [0.4, 0.5) is 24.5 Å². The first-order valence-corrected chi connectivity index (χ1v) is 12.2. The molecule has 5 nitrogen and oxygen atoms in total. The van der Waals surface area contributed by atoms with Crippen LogP contribution >= 0.6 is 23.4 Å². The molecule has 0 saturated carbocycles. The van der Waals surface area contributed by atoms with Crippen molar-refractivity contribution in [3.05, 3.63) is 88.9 Å². The SMILES string of the molecule is CSc1ccc(C2C3C(=O)N(c4ccc(C(F)(F)F)cc4)C(=O)C3ON2c2ccc(Cl)cc2)cc1. The molecule has 5 rings (SSSR count). The van der Waals surface area contributed by atoms with Crippen LogP contribution in [0.1, 0.15) is 17.2 Å². The molecule has 2 aliphatic rings. The van der Waals surface area contributed by atoms with Crippen LogP contribution < -0.4 is 9.96 Å². The minimum atomic E-state index is -4.52.